The highest BCUT2D eigenvalue weighted by Gasteiger charge is 2.35. The number of nitrogens with two attached hydrogens (primary N) is 1. The molecule has 3 rings (SSSR count). The Kier molecular flexibility index (Phi) is 4.15. The summed E-state index contributed by atoms with van der Waals surface area (Å²) in [7, 11) is 0. The lowest BCUT2D eigenvalue weighted by Crippen LogP contribution is -2.50. The number of fused-ring (bicyclic) bond motifs is 1. The van der Waals surface area contributed by atoms with Crippen LogP contribution >= 0.6 is 0 Å². The zero-order chi connectivity index (χ0) is 15.7. The van der Waals surface area contributed by atoms with Crippen LogP contribution < -0.4 is 5.73 Å². The van der Waals surface area contributed by atoms with Gasteiger partial charge in [-0.1, -0.05) is 18.2 Å². The number of aromatic amines is 1. The quantitative estimate of drug-likeness (QED) is 0.612. The number of benzene rings is 1. The van der Waals surface area contributed by atoms with Crippen molar-refractivity contribution in [2.24, 2.45) is 5.73 Å². The van der Waals surface area contributed by atoms with Crippen LogP contribution in [0.3, 0.4) is 0 Å². The van der Waals surface area contributed by atoms with Gasteiger partial charge in [-0.25, -0.2) is 0 Å². The van der Waals surface area contributed by atoms with E-state index in [0.717, 1.165) is 22.9 Å². The number of likely N-dealkylation sites (tertiary alicyclic amines) is 1. The van der Waals surface area contributed by atoms with Gasteiger partial charge in [-0.15, -0.1) is 0 Å². The van der Waals surface area contributed by atoms with Crippen LogP contribution in [0.2, 0.25) is 0 Å². The fourth-order valence-corrected chi connectivity index (χ4v) is 3.21. The van der Waals surface area contributed by atoms with Gasteiger partial charge in [0.25, 0.3) is 0 Å². The van der Waals surface area contributed by atoms with Gasteiger partial charge in [-0.2, -0.15) is 0 Å². The van der Waals surface area contributed by atoms with E-state index in [9.17, 15) is 15.0 Å². The lowest BCUT2D eigenvalue weighted by atomic mass is 10.0. The second-order valence-corrected chi connectivity index (χ2v) is 5.82. The third kappa shape index (κ3) is 2.72. The van der Waals surface area contributed by atoms with Crippen molar-refractivity contribution in [3.63, 3.8) is 0 Å². The number of aromatic nitrogens is 1. The van der Waals surface area contributed by atoms with Crippen LogP contribution in [0.25, 0.3) is 10.9 Å². The van der Waals surface area contributed by atoms with Gasteiger partial charge in [0.1, 0.15) is 0 Å². The maximum atomic E-state index is 12.5. The molecule has 6 heteroatoms. The lowest BCUT2D eigenvalue weighted by molar-refractivity contribution is -0.144. The number of aliphatic hydroxyl groups is 2. The zero-order valence-electron chi connectivity index (χ0n) is 12.3. The molecule has 2 aromatic rings. The lowest BCUT2D eigenvalue weighted by Gasteiger charge is -2.28. The summed E-state index contributed by atoms with van der Waals surface area (Å²) < 4.78 is 0. The molecule has 6 nitrogen and oxygen atoms in total. The number of nitrogens with zero attached hydrogens (tertiary/aromatic N) is 1. The normalized spacial score (nSPS) is 20.0. The maximum absolute atomic E-state index is 12.5. The number of amides is 1. The Morgan fingerprint density at radius 1 is 1.41 bits per heavy atom. The molecule has 5 N–H and O–H groups in total. The minimum absolute atomic E-state index is 0.221. The molecule has 1 aliphatic rings. The van der Waals surface area contributed by atoms with Crippen LogP contribution in [0.4, 0.5) is 0 Å². The molecule has 0 saturated carbocycles. The van der Waals surface area contributed by atoms with Crippen molar-refractivity contribution >= 4 is 16.8 Å². The molecule has 1 aromatic carbocycles. The number of hydrogen-bond acceptors (Lipinski definition) is 4. The third-order valence-corrected chi connectivity index (χ3v) is 4.36. The van der Waals surface area contributed by atoms with Crippen LogP contribution in [0, 0.1) is 0 Å². The molecule has 2 heterocycles. The Bertz CT molecular complexity index is 667. The van der Waals surface area contributed by atoms with Gasteiger partial charge in [0.2, 0.25) is 5.91 Å². The van der Waals surface area contributed by atoms with Crippen LogP contribution in [0.15, 0.2) is 30.5 Å². The van der Waals surface area contributed by atoms with E-state index < -0.39 is 18.4 Å². The van der Waals surface area contributed by atoms with Crippen LogP contribution in [-0.4, -0.2) is 50.9 Å². The average Bonchev–Trinajstić information content (AvgIpc) is 3.14. The van der Waals surface area contributed by atoms with Crippen LogP contribution in [0.5, 0.6) is 0 Å². The number of carbonyl (C=O) groups is 1. The minimum atomic E-state index is -1.51. The predicted octanol–water partition coefficient (Wildman–Crippen LogP) is 0.339. The van der Waals surface area contributed by atoms with Crippen molar-refractivity contribution in [3.8, 4) is 0 Å². The van der Waals surface area contributed by atoms with Gasteiger partial charge >= 0.3 is 0 Å². The Hall–Kier alpha value is -1.89. The van der Waals surface area contributed by atoms with Crippen molar-refractivity contribution in [3.05, 3.63) is 36.0 Å². The van der Waals surface area contributed by atoms with E-state index in [-0.39, 0.29) is 5.91 Å². The first-order valence-electron chi connectivity index (χ1n) is 7.55. The van der Waals surface area contributed by atoms with Crippen molar-refractivity contribution in [2.75, 3.05) is 6.54 Å². The number of aliphatic hydroxyl groups excluding tert-OH is 1. The Labute approximate surface area is 128 Å². The summed E-state index contributed by atoms with van der Waals surface area (Å²) in [5, 5.41) is 19.8. The van der Waals surface area contributed by atoms with E-state index in [4.69, 9.17) is 5.73 Å². The Morgan fingerprint density at radius 2 is 2.18 bits per heavy atom. The third-order valence-electron chi connectivity index (χ3n) is 4.36. The van der Waals surface area contributed by atoms with Gasteiger partial charge in [0, 0.05) is 23.6 Å². The summed E-state index contributed by atoms with van der Waals surface area (Å²) >= 11 is 0. The molecule has 0 aliphatic carbocycles. The molecule has 1 fully saturated rings. The van der Waals surface area contributed by atoms with Gasteiger partial charge in [-0.3, -0.25) is 4.79 Å². The number of nitrogens with one attached hydrogen (secondary N) is 1. The monoisotopic (exact) mass is 303 g/mol. The van der Waals surface area contributed by atoms with Crippen LogP contribution in [0.1, 0.15) is 18.4 Å². The average molecular weight is 303 g/mol. The molecule has 118 valence electrons. The van der Waals surface area contributed by atoms with Crippen molar-refractivity contribution in [1.29, 1.82) is 0 Å². The molecule has 1 aromatic heterocycles. The molecule has 0 bridgehead atoms. The maximum Gasteiger partial charge on any atom is 0.240 e. The second kappa shape index (κ2) is 6.08. The molecule has 0 unspecified atom stereocenters. The molecule has 0 radical (unpaired) electrons. The van der Waals surface area contributed by atoms with Crippen molar-refractivity contribution in [1.82, 2.24) is 9.88 Å². The highest BCUT2D eigenvalue weighted by atomic mass is 16.5. The number of carbonyl (C=O) groups excluding carboxylic acids is 1. The summed E-state index contributed by atoms with van der Waals surface area (Å²) in [6, 6.07) is 6.65. The highest BCUT2D eigenvalue weighted by Crippen LogP contribution is 2.22. The van der Waals surface area contributed by atoms with E-state index >= 15 is 0 Å². The second-order valence-electron chi connectivity index (χ2n) is 5.82. The molecule has 1 aliphatic heterocycles. The smallest absolute Gasteiger partial charge is 0.240 e. The van der Waals surface area contributed by atoms with Gasteiger partial charge in [0.15, 0.2) is 6.29 Å². The summed E-state index contributed by atoms with van der Waals surface area (Å²) in [6.45, 7) is 0.530. The summed E-state index contributed by atoms with van der Waals surface area (Å²) in [5.74, 6) is -0.221. The van der Waals surface area contributed by atoms with E-state index in [1.165, 1.54) is 4.90 Å². The fraction of sp³-hybridized carbons (Fsp3) is 0.438. The van der Waals surface area contributed by atoms with E-state index in [1.54, 1.807) is 0 Å². The predicted molar refractivity (Wildman–Crippen MR) is 82.9 cm³/mol. The van der Waals surface area contributed by atoms with Crippen LogP contribution in [-0.2, 0) is 11.2 Å². The molecular weight excluding hydrogens is 282 g/mol. The van der Waals surface area contributed by atoms with Gasteiger partial charge in [0.05, 0.1) is 12.1 Å². The SMILES string of the molecule is N[C@@H](Cc1c[nH]c2ccccc12)C(=O)N1CCC[C@H]1C(O)O. The first kappa shape index (κ1) is 15.0. The summed E-state index contributed by atoms with van der Waals surface area (Å²) in [4.78, 5) is 17.2. The van der Waals surface area contributed by atoms with E-state index in [0.29, 0.717) is 19.4 Å². The fourth-order valence-electron chi connectivity index (χ4n) is 3.21. The molecule has 22 heavy (non-hydrogen) atoms. The molecule has 2 atom stereocenters. The number of rotatable bonds is 4. The molecule has 1 amide bonds. The standard InChI is InChI=1S/C16H21N3O3/c17-12(15(20)19-7-3-6-14(19)16(21)22)8-10-9-18-13-5-2-1-4-11(10)13/h1-2,4-5,9,12,14,16,18,21-22H,3,6-8,17H2/t12-,14-/m0/s1. The number of hydrogen-bond donors (Lipinski definition) is 4. The van der Waals surface area contributed by atoms with Crippen molar-refractivity contribution < 1.29 is 15.0 Å². The van der Waals surface area contributed by atoms with Gasteiger partial charge in [-0.05, 0) is 30.9 Å². The highest BCUT2D eigenvalue weighted by molar-refractivity contribution is 5.86. The Balaban J connectivity index is 1.74. The Morgan fingerprint density at radius 3 is 2.95 bits per heavy atom. The van der Waals surface area contributed by atoms with E-state index in [2.05, 4.69) is 4.98 Å². The van der Waals surface area contributed by atoms with Crippen molar-refractivity contribution in [2.45, 2.75) is 37.6 Å². The molecule has 1 saturated heterocycles. The largest absolute Gasteiger partial charge is 0.366 e. The number of H-pyrrole nitrogens is 1. The first-order chi connectivity index (χ1) is 10.6. The zero-order valence-corrected chi connectivity index (χ0v) is 12.3. The summed E-state index contributed by atoms with van der Waals surface area (Å²) in [6.07, 6.45) is 2.16. The first-order valence-corrected chi connectivity index (χ1v) is 7.55. The van der Waals surface area contributed by atoms with E-state index in [1.807, 2.05) is 30.5 Å². The minimum Gasteiger partial charge on any atom is -0.366 e. The molecule has 0 spiro atoms. The van der Waals surface area contributed by atoms with Gasteiger partial charge < -0.3 is 25.8 Å². The molecular formula is C16H21N3O3. The summed E-state index contributed by atoms with van der Waals surface area (Å²) in [5.41, 5.74) is 8.09. The number of para-hydroxylation sites is 1. The topological polar surface area (TPSA) is 103 Å².